The van der Waals surface area contributed by atoms with E-state index in [0.29, 0.717) is 37.1 Å². The van der Waals surface area contributed by atoms with Crippen LogP contribution in [0.3, 0.4) is 0 Å². The van der Waals surface area contributed by atoms with Crippen molar-refractivity contribution in [2.45, 2.75) is 66.3 Å². The molecule has 0 aliphatic carbocycles. The highest BCUT2D eigenvalue weighted by molar-refractivity contribution is 6.23. The number of hydrogen-bond acceptors (Lipinski definition) is 8. The number of fused-ring (bicyclic) bond motifs is 1. The van der Waals surface area contributed by atoms with Gasteiger partial charge in [-0.2, -0.15) is 0 Å². The molecule has 11 heteroatoms. The highest BCUT2D eigenvalue weighted by Crippen LogP contribution is 2.27. The molecule has 1 atom stereocenters. The molecule has 0 bridgehead atoms. The number of hydrogen-bond donors (Lipinski definition) is 2. The van der Waals surface area contributed by atoms with Gasteiger partial charge >= 0.3 is 11.9 Å². The lowest BCUT2D eigenvalue weighted by molar-refractivity contribution is -0.150. The van der Waals surface area contributed by atoms with E-state index in [1.807, 2.05) is 64.1 Å². The van der Waals surface area contributed by atoms with Gasteiger partial charge < -0.3 is 20.1 Å². The van der Waals surface area contributed by atoms with E-state index in [2.05, 4.69) is 10.6 Å². The van der Waals surface area contributed by atoms with Crippen LogP contribution in [0.15, 0.2) is 54.6 Å². The fraction of sp³-hybridized carbons (Fsp3) is 0.333. The van der Waals surface area contributed by atoms with E-state index in [1.54, 1.807) is 0 Å². The zero-order valence-electron chi connectivity index (χ0n) is 27.2. The van der Waals surface area contributed by atoms with Crippen molar-refractivity contribution < 1.29 is 38.2 Å². The Bertz CT molecular complexity index is 1690. The summed E-state index contributed by atoms with van der Waals surface area (Å²) in [6.07, 6.45) is 2.81. The summed E-state index contributed by atoms with van der Waals surface area (Å²) in [6.45, 7) is 8.04. The number of carbonyl (C=O) groups is 6. The molecule has 0 saturated heterocycles. The van der Waals surface area contributed by atoms with Gasteiger partial charge in [-0.1, -0.05) is 64.1 Å². The van der Waals surface area contributed by atoms with Crippen molar-refractivity contribution in [1.29, 1.82) is 0 Å². The maximum atomic E-state index is 13.2. The van der Waals surface area contributed by atoms with Gasteiger partial charge in [-0.15, -0.1) is 0 Å². The van der Waals surface area contributed by atoms with Gasteiger partial charge in [-0.25, -0.2) is 9.59 Å². The average Bonchev–Trinajstić information content (AvgIpc) is 3.33. The number of anilines is 2. The van der Waals surface area contributed by atoms with E-state index >= 15 is 0 Å². The molecule has 3 aromatic rings. The molecule has 1 heterocycles. The number of benzene rings is 3. The highest BCUT2D eigenvalue weighted by Gasteiger charge is 2.42. The number of ether oxygens (including phenoxy) is 2. The van der Waals surface area contributed by atoms with Gasteiger partial charge in [0.25, 0.3) is 23.6 Å². The molecule has 0 unspecified atom stereocenters. The number of para-hydroxylation sites is 2. The molecule has 1 aliphatic rings. The van der Waals surface area contributed by atoms with E-state index in [1.165, 1.54) is 25.1 Å². The summed E-state index contributed by atoms with van der Waals surface area (Å²) in [5, 5.41) is 5.62. The Kier molecular flexibility index (Phi) is 11.3. The Morgan fingerprint density at radius 2 is 1.11 bits per heavy atom. The minimum Gasteiger partial charge on any atom is -0.454 e. The van der Waals surface area contributed by atoms with Crippen molar-refractivity contribution in [3.8, 4) is 0 Å². The number of carbonyl (C=O) groups excluding carboxylic acids is 6. The van der Waals surface area contributed by atoms with Crippen LogP contribution in [0.4, 0.5) is 11.4 Å². The van der Waals surface area contributed by atoms with Crippen LogP contribution in [0.2, 0.25) is 0 Å². The van der Waals surface area contributed by atoms with Gasteiger partial charge in [0.15, 0.2) is 13.2 Å². The third kappa shape index (κ3) is 7.57. The number of nitrogens with one attached hydrogen (secondary N) is 2. The van der Waals surface area contributed by atoms with Crippen LogP contribution >= 0.6 is 0 Å². The Morgan fingerprint density at radius 3 is 1.57 bits per heavy atom. The first-order valence-electron chi connectivity index (χ1n) is 15.7. The molecule has 0 fully saturated rings. The van der Waals surface area contributed by atoms with Gasteiger partial charge in [-0.3, -0.25) is 24.1 Å². The molecule has 11 nitrogen and oxygen atoms in total. The van der Waals surface area contributed by atoms with Crippen molar-refractivity contribution in [3.63, 3.8) is 0 Å². The van der Waals surface area contributed by atoms with Gasteiger partial charge in [-0.05, 0) is 73.1 Å². The summed E-state index contributed by atoms with van der Waals surface area (Å²) < 4.78 is 10.4. The second-order valence-corrected chi connectivity index (χ2v) is 11.0. The fourth-order valence-corrected chi connectivity index (χ4v) is 5.47. The molecule has 246 valence electrons. The van der Waals surface area contributed by atoms with Crippen LogP contribution in [0.5, 0.6) is 0 Å². The summed E-state index contributed by atoms with van der Waals surface area (Å²) in [5.74, 6) is -4.44. The van der Waals surface area contributed by atoms with Gasteiger partial charge in [0.05, 0.1) is 16.7 Å². The topological polar surface area (TPSA) is 148 Å². The molecular formula is C36H39N3O8. The van der Waals surface area contributed by atoms with E-state index in [9.17, 15) is 28.8 Å². The van der Waals surface area contributed by atoms with E-state index in [4.69, 9.17) is 9.47 Å². The van der Waals surface area contributed by atoms with E-state index in [-0.39, 0.29) is 16.7 Å². The molecule has 4 rings (SSSR count). The maximum absolute atomic E-state index is 13.2. The molecule has 0 aromatic heterocycles. The summed E-state index contributed by atoms with van der Waals surface area (Å²) in [7, 11) is 0. The number of rotatable bonds is 13. The Labute approximate surface area is 273 Å². The average molecular weight is 642 g/mol. The first-order valence-corrected chi connectivity index (χ1v) is 15.7. The third-order valence-corrected chi connectivity index (χ3v) is 8.09. The second-order valence-electron chi connectivity index (χ2n) is 11.0. The minimum atomic E-state index is -1.34. The molecule has 0 spiro atoms. The summed E-state index contributed by atoms with van der Waals surface area (Å²) in [4.78, 5) is 78.0. The first-order chi connectivity index (χ1) is 22.5. The monoisotopic (exact) mass is 641 g/mol. The molecule has 4 amide bonds. The smallest absolute Gasteiger partial charge is 0.338 e. The van der Waals surface area contributed by atoms with Crippen molar-refractivity contribution in [3.05, 3.63) is 93.5 Å². The molecule has 0 saturated carbocycles. The number of amides is 4. The van der Waals surface area contributed by atoms with Crippen molar-refractivity contribution in [2.24, 2.45) is 0 Å². The quantitative estimate of drug-likeness (QED) is 0.198. The van der Waals surface area contributed by atoms with Crippen LogP contribution in [-0.4, -0.2) is 59.7 Å². The van der Waals surface area contributed by atoms with Crippen LogP contribution in [0.1, 0.15) is 87.9 Å². The second kappa shape index (κ2) is 15.3. The number of aryl methyl sites for hydroxylation is 4. The van der Waals surface area contributed by atoms with Gasteiger partial charge in [0.2, 0.25) is 0 Å². The minimum absolute atomic E-state index is 0.00628. The van der Waals surface area contributed by atoms with Crippen LogP contribution in [0.25, 0.3) is 0 Å². The number of nitrogens with zero attached hydrogens (tertiary/aromatic N) is 1. The largest absolute Gasteiger partial charge is 0.454 e. The molecule has 47 heavy (non-hydrogen) atoms. The zero-order valence-corrected chi connectivity index (χ0v) is 27.2. The predicted molar refractivity (Wildman–Crippen MR) is 175 cm³/mol. The zero-order chi connectivity index (χ0) is 34.2. The van der Waals surface area contributed by atoms with Crippen LogP contribution in [-0.2, 0) is 49.5 Å². The molecule has 1 aliphatic heterocycles. The molecule has 0 radical (unpaired) electrons. The SMILES string of the molecule is CCc1cccc(CC)c1NC(=O)COC(=O)c1ccc2c(c1)C(=O)N([C@H](C)C(=O)OCC(=O)Nc1c(CC)cccc1CC)C2=O. The molecule has 3 aromatic carbocycles. The molecular weight excluding hydrogens is 602 g/mol. The normalized spacial score (nSPS) is 12.7. The summed E-state index contributed by atoms with van der Waals surface area (Å²) in [5.41, 5.74) is 5.02. The Hall–Kier alpha value is -5.32. The number of imide groups is 1. The Morgan fingerprint density at radius 1 is 0.660 bits per heavy atom. The summed E-state index contributed by atoms with van der Waals surface area (Å²) in [6, 6.07) is 13.9. The van der Waals surface area contributed by atoms with Crippen molar-refractivity contribution in [2.75, 3.05) is 23.8 Å². The van der Waals surface area contributed by atoms with E-state index < -0.39 is 54.8 Å². The van der Waals surface area contributed by atoms with Crippen molar-refractivity contribution in [1.82, 2.24) is 4.90 Å². The predicted octanol–water partition coefficient (Wildman–Crippen LogP) is 4.90. The van der Waals surface area contributed by atoms with Gasteiger partial charge in [0.1, 0.15) is 6.04 Å². The van der Waals surface area contributed by atoms with Crippen molar-refractivity contribution >= 4 is 46.9 Å². The van der Waals surface area contributed by atoms with E-state index in [0.717, 1.165) is 27.2 Å². The lowest BCUT2D eigenvalue weighted by Crippen LogP contribution is -2.44. The third-order valence-electron chi connectivity index (χ3n) is 8.09. The highest BCUT2D eigenvalue weighted by atomic mass is 16.5. The fourth-order valence-electron chi connectivity index (χ4n) is 5.47. The maximum Gasteiger partial charge on any atom is 0.338 e. The number of esters is 2. The lowest BCUT2D eigenvalue weighted by atomic mass is 10.0. The standard InChI is InChI=1S/C36H39N3O8/c1-6-22-12-10-13-23(7-2)31(22)37-29(40)19-46-35(44)21(5)39-33(42)27-17-16-26(18-28(27)34(39)43)36(45)47-20-30(41)38-32-24(8-3)14-11-15-25(32)9-4/h10-18,21H,6-9,19-20H2,1-5H3,(H,37,40)(H,38,41)/t21-/m1/s1. The van der Waals surface area contributed by atoms with Crippen LogP contribution < -0.4 is 10.6 Å². The van der Waals surface area contributed by atoms with Gasteiger partial charge in [0, 0.05) is 11.4 Å². The first kappa shape index (κ1) is 34.6. The molecule has 2 N–H and O–H groups in total. The summed E-state index contributed by atoms with van der Waals surface area (Å²) >= 11 is 0. The van der Waals surface area contributed by atoms with Crippen LogP contribution in [0, 0.1) is 0 Å². The Balaban J connectivity index is 1.36. The lowest BCUT2D eigenvalue weighted by Gasteiger charge is -2.21.